The lowest BCUT2D eigenvalue weighted by atomic mass is 9.79. The monoisotopic (exact) mass is 269 g/mol. The molecule has 2 aliphatic rings. The van der Waals surface area contributed by atoms with Gasteiger partial charge in [0, 0.05) is 24.2 Å². The van der Waals surface area contributed by atoms with Gasteiger partial charge in [-0.25, -0.2) is 0 Å². The second-order valence-corrected chi connectivity index (χ2v) is 6.73. The molecule has 0 aromatic carbocycles. The van der Waals surface area contributed by atoms with Crippen LogP contribution in [0.2, 0.25) is 0 Å². The quantitative estimate of drug-likeness (QED) is 0.778. The minimum atomic E-state index is -0.0336. The molecule has 0 amide bonds. The van der Waals surface area contributed by atoms with Gasteiger partial charge in [0.05, 0.1) is 6.61 Å². The largest absolute Gasteiger partial charge is 0.394 e. The van der Waals surface area contributed by atoms with E-state index in [4.69, 9.17) is 0 Å². The lowest BCUT2D eigenvalue weighted by molar-refractivity contribution is 0.0526. The number of hydrogen-bond acceptors (Lipinski definition) is 4. The lowest BCUT2D eigenvalue weighted by Crippen LogP contribution is -2.56. The molecule has 2 fully saturated rings. The van der Waals surface area contributed by atoms with Crippen LogP contribution in [0.4, 0.5) is 0 Å². The third-order valence-corrected chi connectivity index (χ3v) is 5.12. The Hall–Kier alpha value is -0.160. The molecule has 112 valence electrons. The average molecular weight is 269 g/mol. The van der Waals surface area contributed by atoms with E-state index >= 15 is 0 Å². The van der Waals surface area contributed by atoms with Crippen LogP contribution in [0.15, 0.2) is 0 Å². The van der Waals surface area contributed by atoms with E-state index in [1.54, 1.807) is 0 Å². The number of nitrogens with zero attached hydrogens (tertiary/aromatic N) is 2. The Morgan fingerprint density at radius 3 is 2.74 bits per heavy atom. The first-order chi connectivity index (χ1) is 9.10. The zero-order valence-corrected chi connectivity index (χ0v) is 12.9. The molecule has 0 spiro atoms. The number of likely N-dealkylation sites (tertiary alicyclic amines) is 1. The summed E-state index contributed by atoms with van der Waals surface area (Å²) in [6.45, 7) is 2.68. The van der Waals surface area contributed by atoms with Crippen LogP contribution in [-0.2, 0) is 0 Å². The van der Waals surface area contributed by atoms with Gasteiger partial charge in [-0.2, -0.15) is 0 Å². The SMILES string of the molecule is CNC1(CO)CCCC(N2CCCC2CN(C)C)C1. The van der Waals surface area contributed by atoms with Crippen LogP contribution in [-0.4, -0.2) is 73.4 Å². The molecule has 1 aliphatic carbocycles. The van der Waals surface area contributed by atoms with E-state index in [9.17, 15) is 5.11 Å². The second kappa shape index (κ2) is 6.53. The molecule has 2 N–H and O–H groups in total. The van der Waals surface area contributed by atoms with Gasteiger partial charge in [0.1, 0.15) is 0 Å². The van der Waals surface area contributed by atoms with Gasteiger partial charge in [-0.1, -0.05) is 0 Å². The van der Waals surface area contributed by atoms with E-state index in [2.05, 4.69) is 29.2 Å². The van der Waals surface area contributed by atoms with Crippen LogP contribution in [0.5, 0.6) is 0 Å². The van der Waals surface area contributed by atoms with Crippen molar-refractivity contribution in [1.82, 2.24) is 15.1 Å². The maximum Gasteiger partial charge on any atom is 0.0613 e. The fourth-order valence-electron chi connectivity index (χ4n) is 4.02. The fraction of sp³-hybridized carbons (Fsp3) is 1.00. The summed E-state index contributed by atoms with van der Waals surface area (Å²) in [5.74, 6) is 0. The van der Waals surface area contributed by atoms with Crippen molar-refractivity contribution < 1.29 is 5.11 Å². The van der Waals surface area contributed by atoms with Crippen LogP contribution in [0.3, 0.4) is 0 Å². The minimum absolute atomic E-state index is 0.0336. The van der Waals surface area contributed by atoms with E-state index in [0.29, 0.717) is 12.1 Å². The summed E-state index contributed by atoms with van der Waals surface area (Å²) in [7, 11) is 6.34. The van der Waals surface area contributed by atoms with Gasteiger partial charge in [-0.05, 0) is 66.2 Å². The Kier molecular flexibility index (Phi) is 5.23. The first-order valence-electron chi connectivity index (χ1n) is 7.80. The van der Waals surface area contributed by atoms with E-state index in [1.807, 2.05) is 7.05 Å². The molecule has 0 aromatic rings. The van der Waals surface area contributed by atoms with Gasteiger partial charge in [-0.15, -0.1) is 0 Å². The van der Waals surface area contributed by atoms with Crippen molar-refractivity contribution in [2.75, 3.05) is 40.8 Å². The van der Waals surface area contributed by atoms with Crippen molar-refractivity contribution in [3.05, 3.63) is 0 Å². The first kappa shape index (κ1) is 15.2. The molecule has 0 aromatic heterocycles. The Balaban J connectivity index is 2.00. The maximum absolute atomic E-state index is 9.72. The molecule has 2 rings (SSSR count). The molecule has 19 heavy (non-hydrogen) atoms. The Bertz CT molecular complexity index is 279. The van der Waals surface area contributed by atoms with E-state index < -0.39 is 0 Å². The molecular weight excluding hydrogens is 238 g/mol. The summed E-state index contributed by atoms with van der Waals surface area (Å²) in [4.78, 5) is 5.03. The second-order valence-electron chi connectivity index (χ2n) is 6.73. The Morgan fingerprint density at radius 1 is 1.32 bits per heavy atom. The predicted molar refractivity (Wildman–Crippen MR) is 79.4 cm³/mol. The highest BCUT2D eigenvalue weighted by Gasteiger charge is 2.39. The zero-order chi connectivity index (χ0) is 13.9. The Morgan fingerprint density at radius 2 is 2.11 bits per heavy atom. The molecule has 3 atom stereocenters. The van der Waals surface area contributed by atoms with Crippen molar-refractivity contribution in [2.24, 2.45) is 0 Å². The Labute approximate surface area is 118 Å². The molecule has 3 unspecified atom stereocenters. The first-order valence-corrected chi connectivity index (χ1v) is 7.80. The highest BCUT2D eigenvalue weighted by atomic mass is 16.3. The van der Waals surface area contributed by atoms with Gasteiger partial charge in [0.15, 0.2) is 0 Å². The number of nitrogens with one attached hydrogen (secondary N) is 1. The van der Waals surface area contributed by atoms with Crippen LogP contribution in [0.1, 0.15) is 38.5 Å². The summed E-state index contributed by atoms with van der Waals surface area (Å²) < 4.78 is 0. The normalized spacial score (nSPS) is 37.1. The van der Waals surface area contributed by atoms with Crippen LogP contribution in [0, 0.1) is 0 Å². The molecule has 1 saturated heterocycles. The van der Waals surface area contributed by atoms with Crippen molar-refractivity contribution in [3.8, 4) is 0 Å². The van der Waals surface area contributed by atoms with E-state index in [1.165, 1.54) is 38.8 Å². The van der Waals surface area contributed by atoms with Gasteiger partial charge < -0.3 is 15.3 Å². The number of likely N-dealkylation sites (N-methyl/N-ethyl adjacent to an activating group) is 2. The fourth-order valence-corrected chi connectivity index (χ4v) is 4.02. The number of aliphatic hydroxyl groups is 1. The standard InChI is InChI=1S/C15H31N3O/c1-16-15(12-19)8-4-6-13(10-15)18-9-5-7-14(18)11-17(2)3/h13-14,16,19H,4-12H2,1-3H3. The number of rotatable bonds is 5. The summed E-state index contributed by atoms with van der Waals surface area (Å²) in [6.07, 6.45) is 7.41. The van der Waals surface area contributed by atoms with Crippen LogP contribution in [0.25, 0.3) is 0 Å². The smallest absolute Gasteiger partial charge is 0.0613 e. The average Bonchev–Trinajstić information content (AvgIpc) is 2.86. The van der Waals surface area contributed by atoms with Gasteiger partial charge in [-0.3, -0.25) is 4.90 Å². The van der Waals surface area contributed by atoms with Gasteiger partial charge in [0.25, 0.3) is 0 Å². The zero-order valence-electron chi connectivity index (χ0n) is 12.9. The summed E-state index contributed by atoms with van der Waals surface area (Å²) >= 11 is 0. The van der Waals surface area contributed by atoms with Crippen molar-refractivity contribution >= 4 is 0 Å². The molecule has 1 heterocycles. The van der Waals surface area contributed by atoms with Crippen LogP contribution < -0.4 is 5.32 Å². The summed E-state index contributed by atoms with van der Waals surface area (Å²) in [6, 6.07) is 1.37. The van der Waals surface area contributed by atoms with E-state index in [-0.39, 0.29) is 12.1 Å². The molecular formula is C15H31N3O. The highest BCUT2D eigenvalue weighted by molar-refractivity contribution is 4.98. The third-order valence-electron chi connectivity index (χ3n) is 5.12. The molecule has 4 heteroatoms. The molecule has 1 saturated carbocycles. The van der Waals surface area contributed by atoms with Crippen LogP contribution >= 0.6 is 0 Å². The molecule has 0 radical (unpaired) electrons. The molecule has 4 nitrogen and oxygen atoms in total. The number of aliphatic hydroxyl groups excluding tert-OH is 1. The highest BCUT2D eigenvalue weighted by Crippen LogP contribution is 2.34. The molecule has 0 bridgehead atoms. The summed E-state index contributed by atoms with van der Waals surface area (Å²) in [5.41, 5.74) is -0.0336. The lowest BCUT2D eigenvalue weighted by Gasteiger charge is -2.45. The third kappa shape index (κ3) is 3.48. The summed E-state index contributed by atoms with van der Waals surface area (Å²) in [5, 5.41) is 13.1. The van der Waals surface area contributed by atoms with Gasteiger partial charge in [0.2, 0.25) is 0 Å². The maximum atomic E-state index is 9.72. The van der Waals surface area contributed by atoms with E-state index in [0.717, 1.165) is 12.8 Å². The topological polar surface area (TPSA) is 38.7 Å². The predicted octanol–water partition coefficient (Wildman–Crippen LogP) is 0.905. The van der Waals surface area contributed by atoms with Crippen molar-refractivity contribution in [1.29, 1.82) is 0 Å². The van der Waals surface area contributed by atoms with Crippen molar-refractivity contribution in [2.45, 2.75) is 56.1 Å². The minimum Gasteiger partial charge on any atom is -0.394 e. The van der Waals surface area contributed by atoms with Crippen molar-refractivity contribution in [3.63, 3.8) is 0 Å². The van der Waals surface area contributed by atoms with Gasteiger partial charge >= 0.3 is 0 Å². The molecule has 1 aliphatic heterocycles. The number of hydrogen-bond donors (Lipinski definition) is 2.